The molecule has 0 spiro atoms. The predicted octanol–water partition coefficient (Wildman–Crippen LogP) is 4.22. The van der Waals surface area contributed by atoms with Gasteiger partial charge in [0, 0.05) is 23.0 Å². The molecule has 1 aliphatic rings. The number of hydrogen-bond donors (Lipinski definition) is 2. The van der Waals surface area contributed by atoms with E-state index in [1.165, 1.54) is 5.56 Å². The zero-order valence-electron chi connectivity index (χ0n) is 19.8. The molecule has 1 aliphatic heterocycles. The topological polar surface area (TPSA) is 102 Å². The molecule has 1 amide bonds. The van der Waals surface area contributed by atoms with Crippen molar-refractivity contribution in [2.45, 2.75) is 32.0 Å². The average molecular weight is 478 g/mol. The van der Waals surface area contributed by atoms with Crippen molar-refractivity contribution in [1.29, 1.82) is 0 Å². The van der Waals surface area contributed by atoms with Gasteiger partial charge in [0.2, 0.25) is 5.91 Å². The summed E-state index contributed by atoms with van der Waals surface area (Å²) in [5.41, 5.74) is 10.8. The molecule has 0 bridgehead atoms. The van der Waals surface area contributed by atoms with Gasteiger partial charge in [0.25, 0.3) is 0 Å². The van der Waals surface area contributed by atoms with E-state index in [2.05, 4.69) is 61.7 Å². The maximum atomic E-state index is 11.8. The van der Waals surface area contributed by atoms with Crippen molar-refractivity contribution in [2.24, 2.45) is 5.73 Å². The largest absolute Gasteiger partial charge is 0.368 e. The second kappa shape index (κ2) is 9.39. The molecule has 0 unspecified atom stereocenters. The molecule has 180 valence electrons. The Morgan fingerprint density at radius 3 is 2.75 bits per heavy atom. The van der Waals surface area contributed by atoms with Gasteiger partial charge in [0.1, 0.15) is 12.1 Å². The molecular weight excluding hydrogens is 450 g/mol. The molecule has 3 heterocycles. The second-order valence-electron chi connectivity index (χ2n) is 9.29. The minimum absolute atomic E-state index is 0.195. The average Bonchev–Trinajstić information content (AvgIpc) is 3.52. The van der Waals surface area contributed by atoms with Gasteiger partial charge in [-0.3, -0.25) is 14.4 Å². The number of carbonyl (C=O) groups is 1. The monoisotopic (exact) mass is 477 g/mol. The van der Waals surface area contributed by atoms with Crippen molar-refractivity contribution in [2.75, 3.05) is 11.9 Å². The summed E-state index contributed by atoms with van der Waals surface area (Å²) in [6, 6.07) is 22.5. The van der Waals surface area contributed by atoms with Gasteiger partial charge in [0.15, 0.2) is 0 Å². The molecule has 1 saturated heterocycles. The number of likely N-dealkylation sites (tertiary alicyclic amines) is 1. The normalized spacial score (nSPS) is 16.1. The lowest BCUT2D eigenvalue weighted by Crippen LogP contribution is -2.39. The Bertz CT molecular complexity index is 1550. The molecular formula is C28H27N7O. The van der Waals surface area contributed by atoms with Crippen molar-refractivity contribution in [3.8, 4) is 0 Å². The van der Waals surface area contributed by atoms with E-state index in [1.807, 2.05) is 41.2 Å². The summed E-state index contributed by atoms with van der Waals surface area (Å²) in [4.78, 5) is 22.9. The van der Waals surface area contributed by atoms with Crippen LogP contribution < -0.4 is 11.1 Å². The van der Waals surface area contributed by atoms with Crippen LogP contribution in [0.4, 0.5) is 11.5 Å². The molecule has 6 rings (SSSR count). The highest BCUT2D eigenvalue weighted by Gasteiger charge is 2.28. The molecule has 2 aromatic heterocycles. The summed E-state index contributed by atoms with van der Waals surface area (Å²) >= 11 is 0. The molecule has 5 aromatic rings. The number of benzene rings is 3. The van der Waals surface area contributed by atoms with Gasteiger partial charge in [-0.05, 0) is 60.8 Å². The summed E-state index contributed by atoms with van der Waals surface area (Å²) in [5.74, 6) is 0.493. The lowest BCUT2D eigenvalue weighted by molar-refractivity contribution is -0.122. The third kappa shape index (κ3) is 4.38. The summed E-state index contributed by atoms with van der Waals surface area (Å²) in [7, 11) is 0. The highest BCUT2D eigenvalue weighted by atomic mass is 16.1. The Morgan fingerprint density at radius 1 is 1.00 bits per heavy atom. The first kappa shape index (κ1) is 22.2. The van der Waals surface area contributed by atoms with E-state index in [0.29, 0.717) is 6.54 Å². The molecule has 8 nitrogen and oxygen atoms in total. The van der Waals surface area contributed by atoms with E-state index < -0.39 is 0 Å². The van der Waals surface area contributed by atoms with E-state index in [-0.39, 0.29) is 11.9 Å². The highest BCUT2D eigenvalue weighted by molar-refractivity contribution is 5.92. The number of fused-ring (bicyclic) bond motifs is 2. The first-order valence-corrected chi connectivity index (χ1v) is 12.2. The summed E-state index contributed by atoms with van der Waals surface area (Å²) in [5, 5.41) is 10.1. The smallest absolute Gasteiger partial charge is 0.234 e. The van der Waals surface area contributed by atoms with Crippen LogP contribution in [0.25, 0.3) is 21.8 Å². The molecule has 0 radical (unpaired) electrons. The maximum Gasteiger partial charge on any atom is 0.234 e. The van der Waals surface area contributed by atoms with Gasteiger partial charge in [-0.25, -0.2) is 9.97 Å². The molecule has 36 heavy (non-hydrogen) atoms. The number of amides is 1. The van der Waals surface area contributed by atoms with Crippen molar-refractivity contribution in [3.05, 3.63) is 90.4 Å². The number of anilines is 2. The number of nitrogens with two attached hydrogens (primary N) is 1. The number of primary amides is 1. The number of hydrogen-bond acceptors (Lipinski definition) is 6. The van der Waals surface area contributed by atoms with Gasteiger partial charge in [-0.1, -0.05) is 36.4 Å². The predicted molar refractivity (Wildman–Crippen MR) is 141 cm³/mol. The number of aromatic nitrogens is 4. The van der Waals surface area contributed by atoms with Crippen LogP contribution >= 0.6 is 0 Å². The lowest BCUT2D eigenvalue weighted by atomic mass is 10.1. The van der Waals surface area contributed by atoms with Crippen LogP contribution in [0.15, 0.2) is 79.3 Å². The first-order valence-electron chi connectivity index (χ1n) is 12.2. The van der Waals surface area contributed by atoms with Crippen LogP contribution in [-0.4, -0.2) is 43.1 Å². The zero-order chi connectivity index (χ0) is 24.5. The van der Waals surface area contributed by atoms with E-state index >= 15 is 0 Å². The third-order valence-corrected chi connectivity index (χ3v) is 6.86. The SMILES string of the molecule is NC(=O)[C@@H]1CCCN1Cc1ccc2ncnc(Nc3ccc4c(cnn4Cc4ccccc4)c3)c2c1. The standard InChI is InChI=1S/C28H27N7O/c29-27(36)26-7-4-12-34(26)16-20-8-10-24-23(13-20)28(31-18-30-24)33-22-9-11-25-21(14-22)15-32-35(25)17-19-5-2-1-3-6-19/h1-3,5-6,8-11,13-15,18,26H,4,7,12,16-17H2,(H2,29,36)(H,30,31,33)/t26-/m0/s1. The number of nitrogens with one attached hydrogen (secondary N) is 1. The van der Waals surface area contributed by atoms with E-state index in [9.17, 15) is 4.79 Å². The first-order chi connectivity index (χ1) is 17.6. The van der Waals surface area contributed by atoms with Crippen LogP contribution in [0.3, 0.4) is 0 Å². The van der Waals surface area contributed by atoms with Gasteiger partial charge in [0.05, 0.1) is 29.8 Å². The van der Waals surface area contributed by atoms with Gasteiger partial charge in [-0.2, -0.15) is 5.10 Å². The molecule has 3 aromatic carbocycles. The third-order valence-electron chi connectivity index (χ3n) is 6.86. The number of rotatable bonds is 7. The Hall–Kier alpha value is -4.30. The Kier molecular flexibility index (Phi) is 5.79. The van der Waals surface area contributed by atoms with Crippen molar-refractivity contribution >= 4 is 39.2 Å². The minimum Gasteiger partial charge on any atom is -0.368 e. The van der Waals surface area contributed by atoms with Crippen molar-refractivity contribution in [3.63, 3.8) is 0 Å². The summed E-state index contributed by atoms with van der Waals surface area (Å²) in [6.07, 6.45) is 5.28. The van der Waals surface area contributed by atoms with Gasteiger partial charge >= 0.3 is 0 Å². The molecule has 1 fully saturated rings. The minimum atomic E-state index is -0.249. The fourth-order valence-corrected chi connectivity index (χ4v) is 5.06. The van der Waals surface area contributed by atoms with Crippen LogP contribution in [0, 0.1) is 0 Å². The lowest BCUT2D eigenvalue weighted by Gasteiger charge is -2.22. The van der Waals surface area contributed by atoms with E-state index in [4.69, 9.17) is 5.73 Å². The molecule has 3 N–H and O–H groups in total. The van der Waals surface area contributed by atoms with Crippen LogP contribution in [0.5, 0.6) is 0 Å². The number of nitrogens with zero attached hydrogens (tertiary/aromatic N) is 5. The fourth-order valence-electron chi connectivity index (χ4n) is 5.06. The molecule has 0 aliphatic carbocycles. The van der Waals surface area contributed by atoms with E-state index in [1.54, 1.807) is 6.33 Å². The van der Waals surface area contributed by atoms with Gasteiger partial charge in [-0.15, -0.1) is 0 Å². The van der Waals surface area contributed by atoms with Crippen LogP contribution in [-0.2, 0) is 17.9 Å². The van der Waals surface area contributed by atoms with Crippen molar-refractivity contribution < 1.29 is 4.79 Å². The fraction of sp³-hybridized carbons (Fsp3) is 0.214. The Labute approximate surface area is 208 Å². The maximum absolute atomic E-state index is 11.8. The van der Waals surface area contributed by atoms with Gasteiger partial charge < -0.3 is 11.1 Å². The highest BCUT2D eigenvalue weighted by Crippen LogP contribution is 2.28. The molecule has 8 heteroatoms. The quantitative estimate of drug-likeness (QED) is 0.364. The zero-order valence-corrected chi connectivity index (χ0v) is 19.8. The molecule has 1 atom stereocenters. The van der Waals surface area contributed by atoms with E-state index in [0.717, 1.165) is 64.8 Å². The Balaban J connectivity index is 1.26. The molecule has 0 saturated carbocycles. The van der Waals surface area contributed by atoms with Crippen LogP contribution in [0.2, 0.25) is 0 Å². The van der Waals surface area contributed by atoms with Crippen molar-refractivity contribution in [1.82, 2.24) is 24.6 Å². The second-order valence-corrected chi connectivity index (χ2v) is 9.29. The summed E-state index contributed by atoms with van der Waals surface area (Å²) in [6.45, 7) is 2.27. The summed E-state index contributed by atoms with van der Waals surface area (Å²) < 4.78 is 2.01. The number of carbonyl (C=O) groups excluding carboxylic acids is 1. The van der Waals surface area contributed by atoms with Crippen LogP contribution in [0.1, 0.15) is 24.0 Å². The Morgan fingerprint density at radius 2 is 1.89 bits per heavy atom.